The lowest BCUT2D eigenvalue weighted by atomic mass is 10.2. The quantitative estimate of drug-likeness (QED) is 0.623. The Hall–Kier alpha value is -0.870. The summed E-state index contributed by atoms with van der Waals surface area (Å²) in [6.07, 6.45) is 5.35. The first-order chi connectivity index (χ1) is 5.34. The topological polar surface area (TPSA) is 41.3 Å². The second kappa shape index (κ2) is 2.64. The fraction of sp³-hybridized carbons (Fsp3) is 0.571. The summed E-state index contributed by atoms with van der Waals surface area (Å²) in [6, 6.07) is 0. The van der Waals surface area contributed by atoms with Gasteiger partial charge in [-0.05, 0) is 0 Å². The number of rotatable bonds is 2. The third-order valence-electron chi connectivity index (χ3n) is 1.86. The van der Waals surface area contributed by atoms with E-state index in [4.69, 9.17) is 5.11 Å². The van der Waals surface area contributed by atoms with E-state index in [0.717, 1.165) is 19.8 Å². The van der Waals surface area contributed by atoms with Crippen molar-refractivity contribution in [2.24, 2.45) is 0 Å². The molecule has 60 valence electrons. The zero-order valence-corrected chi connectivity index (χ0v) is 6.22. The van der Waals surface area contributed by atoms with Crippen LogP contribution >= 0.6 is 0 Å². The zero-order valence-electron chi connectivity index (χ0n) is 6.22. The van der Waals surface area contributed by atoms with E-state index in [2.05, 4.69) is 9.88 Å². The van der Waals surface area contributed by atoms with Crippen LogP contribution in [0.3, 0.4) is 0 Å². The molecule has 0 aliphatic carbocycles. The maximum absolute atomic E-state index is 8.98. The van der Waals surface area contributed by atoms with E-state index in [1.165, 1.54) is 0 Å². The number of likely N-dealkylation sites (tertiary alicyclic amines) is 1. The number of aliphatic hydroxyl groups is 1. The van der Waals surface area contributed by atoms with Crippen molar-refractivity contribution in [1.82, 2.24) is 14.5 Å². The number of imidazole rings is 1. The molecule has 0 bridgehead atoms. The van der Waals surface area contributed by atoms with Gasteiger partial charge in [0.15, 0.2) is 0 Å². The van der Waals surface area contributed by atoms with Gasteiger partial charge in [-0.2, -0.15) is 0 Å². The molecule has 1 aromatic rings. The lowest BCUT2D eigenvalue weighted by molar-refractivity contribution is -0.0163. The molecule has 2 rings (SSSR count). The third kappa shape index (κ3) is 1.41. The fourth-order valence-electron chi connectivity index (χ4n) is 1.26. The zero-order chi connectivity index (χ0) is 7.68. The van der Waals surface area contributed by atoms with Crippen molar-refractivity contribution in [3.8, 4) is 0 Å². The Balaban J connectivity index is 1.84. The Bertz CT molecular complexity index is 216. The Morgan fingerprint density at radius 1 is 1.55 bits per heavy atom. The third-order valence-corrected chi connectivity index (χ3v) is 1.86. The number of hydrogen-bond donors (Lipinski definition) is 1. The average Bonchev–Trinajstić information content (AvgIpc) is 2.36. The highest BCUT2D eigenvalue weighted by atomic mass is 16.3. The van der Waals surface area contributed by atoms with Crippen LogP contribution in [0.15, 0.2) is 18.7 Å². The summed E-state index contributed by atoms with van der Waals surface area (Å²) >= 11 is 0. The smallest absolute Gasteiger partial charge is 0.0956 e. The fourth-order valence-corrected chi connectivity index (χ4v) is 1.26. The van der Waals surface area contributed by atoms with Crippen LogP contribution in [0.25, 0.3) is 0 Å². The molecule has 0 atom stereocenters. The van der Waals surface area contributed by atoms with E-state index in [1.54, 1.807) is 12.5 Å². The highest BCUT2D eigenvalue weighted by Gasteiger charge is 2.23. The van der Waals surface area contributed by atoms with Crippen molar-refractivity contribution in [2.75, 3.05) is 13.1 Å². The minimum atomic E-state index is -0.112. The van der Waals surface area contributed by atoms with Gasteiger partial charge in [0.2, 0.25) is 0 Å². The predicted molar refractivity (Wildman–Crippen MR) is 39.8 cm³/mol. The van der Waals surface area contributed by atoms with Gasteiger partial charge in [0.05, 0.1) is 19.1 Å². The van der Waals surface area contributed by atoms with Crippen molar-refractivity contribution < 1.29 is 5.11 Å². The van der Waals surface area contributed by atoms with Crippen molar-refractivity contribution in [3.63, 3.8) is 0 Å². The van der Waals surface area contributed by atoms with E-state index >= 15 is 0 Å². The molecule has 0 aromatic carbocycles. The molecule has 0 spiro atoms. The van der Waals surface area contributed by atoms with Gasteiger partial charge in [-0.3, -0.25) is 4.90 Å². The standard InChI is InChI=1S/C7H11N3O/c11-7-3-10(4-7)6-9-2-1-8-5-9/h1-2,5,7,11H,3-4,6H2. The molecule has 0 unspecified atom stereocenters. The van der Waals surface area contributed by atoms with Crippen molar-refractivity contribution >= 4 is 0 Å². The molecule has 1 aliphatic heterocycles. The minimum Gasteiger partial charge on any atom is -0.390 e. The van der Waals surface area contributed by atoms with Crippen LogP contribution in [0, 0.1) is 0 Å². The van der Waals surface area contributed by atoms with Gasteiger partial charge in [0, 0.05) is 25.5 Å². The van der Waals surface area contributed by atoms with E-state index in [-0.39, 0.29) is 6.10 Å². The Morgan fingerprint density at radius 3 is 2.91 bits per heavy atom. The first-order valence-electron chi connectivity index (χ1n) is 3.71. The molecule has 4 heteroatoms. The molecule has 4 nitrogen and oxygen atoms in total. The maximum Gasteiger partial charge on any atom is 0.0956 e. The molecular weight excluding hydrogens is 142 g/mol. The van der Waals surface area contributed by atoms with E-state index in [1.807, 2.05) is 10.8 Å². The van der Waals surface area contributed by atoms with Gasteiger partial charge in [-0.15, -0.1) is 0 Å². The van der Waals surface area contributed by atoms with Crippen LogP contribution in [-0.4, -0.2) is 38.8 Å². The summed E-state index contributed by atoms with van der Waals surface area (Å²) in [5, 5.41) is 8.98. The molecule has 0 saturated carbocycles. The predicted octanol–water partition coefficient (Wildman–Crippen LogP) is -0.483. The molecule has 1 aliphatic rings. The Kier molecular flexibility index (Phi) is 1.63. The summed E-state index contributed by atoms with van der Waals surface area (Å²) < 4.78 is 1.99. The number of aromatic nitrogens is 2. The Labute approximate surface area is 65.1 Å². The van der Waals surface area contributed by atoms with E-state index in [9.17, 15) is 0 Å². The number of aliphatic hydroxyl groups excluding tert-OH is 1. The SMILES string of the molecule is OC1CN(Cn2ccnc2)C1. The van der Waals surface area contributed by atoms with Gasteiger partial charge >= 0.3 is 0 Å². The van der Waals surface area contributed by atoms with Gasteiger partial charge in [-0.25, -0.2) is 4.98 Å². The average molecular weight is 153 g/mol. The maximum atomic E-state index is 8.98. The minimum absolute atomic E-state index is 0.112. The second-order valence-corrected chi connectivity index (χ2v) is 2.91. The van der Waals surface area contributed by atoms with Gasteiger partial charge in [-0.1, -0.05) is 0 Å². The summed E-state index contributed by atoms with van der Waals surface area (Å²) in [5.41, 5.74) is 0. The molecular formula is C7H11N3O. The number of β-amino-alcohol motifs (C(OH)–C–C–N with tert-alkyl or cyclic N) is 1. The van der Waals surface area contributed by atoms with Gasteiger partial charge in [0.25, 0.3) is 0 Å². The van der Waals surface area contributed by atoms with Crippen LogP contribution in [0.2, 0.25) is 0 Å². The molecule has 11 heavy (non-hydrogen) atoms. The molecule has 0 amide bonds. The van der Waals surface area contributed by atoms with Gasteiger partial charge < -0.3 is 9.67 Å². The van der Waals surface area contributed by atoms with Crippen molar-refractivity contribution in [1.29, 1.82) is 0 Å². The monoisotopic (exact) mass is 153 g/mol. The number of nitrogens with zero attached hydrogens (tertiary/aromatic N) is 3. The van der Waals surface area contributed by atoms with Crippen molar-refractivity contribution in [2.45, 2.75) is 12.8 Å². The van der Waals surface area contributed by atoms with Crippen LogP contribution in [0.5, 0.6) is 0 Å². The van der Waals surface area contributed by atoms with E-state index in [0.29, 0.717) is 0 Å². The van der Waals surface area contributed by atoms with Crippen LogP contribution in [0.4, 0.5) is 0 Å². The summed E-state index contributed by atoms with van der Waals surface area (Å²) in [5.74, 6) is 0. The first-order valence-corrected chi connectivity index (χ1v) is 3.71. The Morgan fingerprint density at radius 2 is 2.36 bits per heavy atom. The molecule has 0 radical (unpaired) electrons. The normalized spacial score (nSPS) is 20.1. The van der Waals surface area contributed by atoms with Gasteiger partial charge in [0.1, 0.15) is 0 Å². The molecule has 1 saturated heterocycles. The van der Waals surface area contributed by atoms with Crippen LogP contribution in [-0.2, 0) is 6.67 Å². The summed E-state index contributed by atoms with van der Waals surface area (Å²) in [7, 11) is 0. The second-order valence-electron chi connectivity index (χ2n) is 2.91. The van der Waals surface area contributed by atoms with Crippen LogP contribution < -0.4 is 0 Å². The molecule has 1 N–H and O–H groups in total. The summed E-state index contributed by atoms with van der Waals surface area (Å²) in [6.45, 7) is 2.42. The van der Waals surface area contributed by atoms with Crippen molar-refractivity contribution in [3.05, 3.63) is 18.7 Å². The highest BCUT2D eigenvalue weighted by molar-refractivity contribution is 4.80. The molecule has 2 heterocycles. The lowest BCUT2D eigenvalue weighted by Crippen LogP contribution is -2.50. The molecule has 1 aromatic heterocycles. The summed E-state index contributed by atoms with van der Waals surface area (Å²) in [4.78, 5) is 6.09. The lowest BCUT2D eigenvalue weighted by Gasteiger charge is -2.35. The highest BCUT2D eigenvalue weighted by Crippen LogP contribution is 2.07. The van der Waals surface area contributed by atoms with Crippen LogP contribution in [0.1, 0.15) is 0 Å². The largest absolute Gasteiger partial charge is 0.390 e. The number of hydrogen-bond acceptors (Lipinski definition) is 3. The van der Waals surface area contributed by atoms with E-state index < -0.39 is 0 Å². The first kappa shape index (κ1) is 6.82. The molecule has 1 fully saturated rings.